The first-order chi connectivity index (χ1) is 15.0. The maximum atomic E-state index is 12.4. The molecule has 7 heteroatoms. The van der Waals surface area contributed by atoms with Crippen molar-refractivity contribution < 1.29 is 4.79 Å². The van der Waals surface area contributed by atoms with Gasteiger partial charge in [0.2, 0.25) is 0 Å². The lowest BCUT2D eigenvalue weighted by molar-refractivity contribution is 0.0956. The quantitative estimate of drug-likeness (QED) is 0.234. The van der Waals surface area contributed by atoms with Crippen LogP contribution >= 0.6 is 23.2 Å². The van der Waals surface area contributed by atoms with Crippen molar-refractivity contribution in [3.05, 3.63) is 99.2 Å². The van der Waals surface area contributed by atoms with E-state index in [1.807, 2.05) is 37.3 Å². The second-order valence-electron chi connectivity index (χ2n) is 7.14. The molecule has 0 aliphatic heterocycles. The van der Waals surface area contributed by atoms with E-state index in [0.29, 0.717) is 27.8 Å². The monoisotopic (exact) mass is 450 g/mol. The number of nitrogen functional groups attached to an aromatic ring is 1. The number of nitrogens with zero attached hydrogens (tertiary/aromatic N) is 2. The summed E-state index contributed by atoms with van der Waals surface area (Å²) in [6.45, 7) is 2.65. The smallest absolute Gasteiger partial charge is 0.273 e. The van der Waals surface area contributed by atoms with Crippen molar-refractivity contribution in [1.82, 2.24) is 9.99 Å². The number of hydrogen-bond donors (Lipinski definition) is 2. The van der Waals surface area contributed by atoms with Crippen molar-refractivity contribution in [3.8, 4) is 0 Å². The Morgan fingerprint density at radius 1 is 1.06 bits per heavy atom. The maximum absolute atomic E-state index is 12.4. The molecule has 1 heterocycles. The lowest BCUT2D eigenvalue weighted by Crippen LogP contribution is -2.19. The van der Waals surface area contributed by atoms with Gasteiger partial charge in [0.25, 0.3) is 5.91 Å². The van der Waals surface area contributed by atoms with Crippen LogP contribution in [0.2, 0.25) is 10.0 Å². The van der Waals surface area contributed by atoms with Crippen LogP contribution in [-0.4, -0.2) is 16.7 Å². The van der Waals surface area contributed by atoms with Crippen LogP contribution in [-0.2, 0) is 6.54 Å². The molecule has 0 radical (unpaired) electrons. The first-order valence-electron chi connectivity index (χ1n) is 9.65. The van der Waals surface area contributed by atoms with E-state index >= 15 is 0 Å². The van der Waals surface area contributed by atoms with E-state index in [-0.39, 0.29) is 5.91 Å². The molecule has 31 heavy (non-hydrogen) atoms. The van der Waals surface area contributed by atoms with Crippen LogP contribution < -0.4 is 11.2 Å². The Bertz CT molecular complexity index is 1310. The number of anilines is 1. The number of carbonyl (C=O) groups excluding carboxylic acids is 1. The molecule has 4 rings (SSSR count). The fourth-order valence-electron chi connectivity index (χ4n) is 3.56. The molecule has 156 valence electrons. The van der Waals surface area contributed by atoms with Crippen molar-refractivity contribution >= 4 is 51.9 Å². The van der Waals surface area contributed by atoms with Gasteiger partial charge in [-0.15, -0.1) is 0 Å². The van der Waals surface area contributed by atoms with Crippen molar-refractivity contribution in [3.63, 3.8) is 0 Å². The van der Waals surface area contributed by atoms with Crippen LogP contribution in [0.3, 0.4) is 0 Å². The number of nitrogens with two attached hydrogens (primary N) is 1. The summed E-state index contributed by atoms with van der Waals surface area (Å²) in [7, 11) is 0. The minimum atomic E-state index is -0.355. The molecular formula is C24H20Cl2N4O. The summed E-state index contributed by atoms with van der Waals surface area (Å²) >= 11 is 12.2. The largest absolute Gasteiger partial charge is 0.398 e. The number of carbonyl (C=O) groups is 1. The van der Waals surface area contributed by atoms with Gasteiger partial charge in [-0.1, -0.05) is 59.6 Å². The van der Waals surface area contributed by atoms with Crippen LogP contribution in [0.1, 0.15) is 27.2 Å². The van der Waals surface area contributed by atoms with Gasteiger partial charge in [-0.3, -0.25) is 4.79 Å². The molecule has 0 bridgehead atoms. The number of halogens is 2. The van der Waals surface area contributed by atoms with Gasteiger partial charge in [0.15, 0.2) is 0 Å². The zero-order chi connectivity index (χ0) is 22.0. The minimum absolute atomic E-state index is 0.355. The molecule has 1 aromatic heterocycles. The first kappa shape index (κ1) is 21.0. The second kappa shape index (κ2) is 8.84. The van der Waals surface area contributed by atoms with Crippen molar-refractivity contribution in [2.75, 3.05) is 5.73 Å². The Labute approximate surface area is 190 Å². The van der Waals surface area contributed by atoms with Crippen LogP contribution in [0.4, 0.5) is 5.69 Å². The number of rotatable bonds is 5. The van der Waals surface area contributed by atoms with E-state index in [2.05, 4.69) is 21.2 Å². The predicted octanol–water partition coefficient (Wildman–Crippen LogP) is 5.65. The van der Waals surface area contributed by atoms with Crippen LogP contribution in [0.25, 0.3) is 10.9 Å². The van der Waals surface area contributed by atoms with E-state index in [9.17, 15) is 4.79 Å². The summed E-state index contributed by atoms with van der Waals surface area (Å²) in [5, 5.41) is 6.28. The van der Waals surface area contributed by atoms with Crippen LogP contribution in [0, 0.1) is 6.92 Å². The molecule has 0 fully saturated rings. The lowest BCUT2D eigenvalue weighted by Gasteiger charge is -2.09. The minimum Gasteiger partial charge on any atom is -0.398 e. The summed E-state index contributed by atoms with van der Waals surface area (Å²) in [5.41, 5.74) is 13.3. The Morgan fingerprint density at radius 3 is 2.58 bits per heavy atom. The molecule has 3 aromatic carbocycles. The highest BCUT2D eigenvalue weighted by atomic mass is 35.5. The fourth-order valence-corrected chi connectivity index (χ4v) is 3.89. The standard InChI is InChI=1S/C24H20Cl2N4O/c1-15-19(13-28-29-24(31)18-7-2-4-8-22(18)27)17-6-3-5-9-23(17)30(15)14-16-10-11-20(25)21(26)12-16/h2-13H,14,27H2,1H3,(H,29,31). The van der Waals surface area contributed by atoms with E-state index in [1.54, 1.807) is 36.5 Å². The van der Waals surface area contributed by atoms with E-state index in [1.165, 1.54) is 0 Å². The van der Waals surface area contributed by atoms with Gasteiger partial charge >= 0.3 is 0 Å². The Kier molecular flexibility index (Phi) is 5.98. The van der Waals surface area contributed by atoms with Gasteiger partial charge in [0, 0.05) is 34.4 Å². The number of amides is 1. The van der Waals surface area contributed by atoms with E-state index < -0.39 is 0 Å². The predicted molar refractivity (Wildman–Crippen MR) is 128 cm³/mol. The zero-order valence-corrected chi connectivity index (χ0v) is 18.3. The molecular weight excluding hydrogens is 431 g/mol. The van der Waals surface area contributed by atoms with Gasteiger partial charge in [-0.2, -0.15) is 5.10 Å². The van der Waals surface area contributed by atoms with Crippen LogP contribution in [0.15, 0.2) is 71.8 Å². The van der Waals surface area contributed by atoms with E-state index in [4.69, 9.17) is 28.9 Å². The molecule has 0 spiro atoms. The van der Waals surface area contributed by atoms with Gasteiger partial charge in [-0.25, -0.2) is 5.43 Å². The normalized spacial score (nSPS) is 11.3. The SMILES string of the molecule is Cc1c(C=NNC(=O)c2ccccc2N)c2ccccc2n1Cc1ccc(Cl)c(Cl)c1. The second-order valence-corrected chi connectivity index (χ2v) is 7.95. The van der Waals surface area contributed by atoms with Crippen LogP contribution in [0.5, 0.6) is 0 Å². The fraction of sp³-hybridized carbons (Fsp3) is 0.0833. The number of hydrogen-bond acceptors (Lipinski definition) is 3. The average Bonchev–Trinajstić information content (AvgIpc) is 3.02. The zero-order valence-electron chi connectivity index (χ0n) is 16.8. The summed E-state index contributed by atoms with van der Waals surface area (Å²) in [4.78, 5) is 12.4. The number of benzene rings is 3. The molecule has 0 saturated carbocycles. The third-order valence-corrected chi connectivity index (χ3v) is 5.91. The topological polar surface area (TPSA) is 72.4 Å². The van der Waals surface area contributed by atoms with Crippen molar-refractivity contribution in [2.24, 2.45) is 5.10 Å². The summed E-state index contributed by atoms with van der Waals surface area (Å²) in [6.07, 6.45) is 1.67. The highest BCUT2D eigenvalue weighted by Gasteiger charge is 2.14. The molecule has 0 aliphatic rings. The van der Waals surface area contributed by atoms with E-state index in [0.717, 1.165) is 27.7 Å². The highest BCUT2D eigenvalue weighted by molar-refractivity contribution is 6.42. The van der Waals surface area contributed by atoms with Crippen molar-refractivity contribution in [2.45, 2.75) is 13.5 Å². The third-order valence-electron chi connectivity index (χ3n) is 5.17. The number of hydrazone groups is 1. The molecule has 0 atom stereocenters. The molecule has 4 aromatic rings. The molecule has 0 saturated heterocycles. The molecule has 1 amide bonds. The molecule has 5 nitrogen and oxygen atoms in total. The Hall–Kier alpha value is -3.28. The van der Waals surface area contributed by atoms with Gasteiger partial charge in [0.05, 0.1) is 21.8 Å². The summed E-state index contributed by atoms with van der Waals surface area (Å²) in [5.74, 6) is -0.355. The average molecular weight is 451 g/mol. The Morgan fingerprint density at radius 2 is 1.81 bits per heavy atom. The molecule has 3 N–H and O–H groups in total. The number of fused-ring (bicyclic) bond motifs is 1. The lowest BCUT2D eigenvalue weighted by atomic mass is 10.1. The van der Waals surface area contributed by atoms with Gasteiger partial charge in [-0.05, 0) is 42.8 Å². The van der Waals surface area contributed by atoms with Gasteiger partial charge in [0.1, 0.15) is 0 Å². The highest BCUT2D eigenvalue weighted by Crippen LogP contribution is 2.28. The summed E-state index contributed by atoms with van der Waals surface area (Å²) in [6, 6.07) is 20.6. The molecule has 0 unspecified atom stereocenters. The maximum Gasteiger partial charge on any atom is 0.273 e. The third kappa shape index (κ3) is 4.29. The molecule has 0 aliphatic carbocycles. The van der Waals surface area contributed by atoms with Crippen molar-refractivity contribution in [1.29, 1.82) is 0 Å². The Balaban J connectivity index is 1.65. The van der Waals surface area contributed by atoms with Gasteiger partial charge < -0.3 is 10.3 Å². The number of nitrogens with one attached hydrogen (secondary N) is 1. The first-order valence-corrected chi connectivity index (χ1v) is 10.4. The summed E-state index contributed by atoms with van der Waals surface area (Å²) < 4.78 is 2.19. The number of aromatic nitrogens is 1. The number of para-hydroxylation sites is 2.